The summed E-state index contributed by atoms with van der Waals surface area (Å²) in [5.41, 5.74) is 0.799. The van der Waals surface area contributed by atoms with Gasteiger partial charge in [-0.25, -0.2) is 9.78 Å². The van der Waals surface area contributed by atoms with E-state index in [1.54, 1.807) is 4.90 Å². The number of carbonyl (C=O) groups excluding carboxylic acids is 1. The molecule has 0 saturated carbocycles. The molecule has 0 unspecified atom stereocenters. The Morgan fingerprint density at radius 3 is 2.83 bits per heavy atom. The highest BCUT2D eigenvalue weighted by Crippen LogP contribution is 2.33. The van der Waals surface area contributed by atoms with Gasteiger partial charge in [0.25, 0.3) is 0 Å². The van der Waals surface area contributed by atoms with Gasteiger partial charge in [-0.05, 0) is 0 Å². The normalized spacial score (nSPS) is 14.5. The lowest BCUT2D eigenvalue weighted by atomic mass is 10.2. The first-order chi connectivity index (χ1) is 10.9. The van der Waals surface area contributed by atoms with Crippen LogP contribution in [0.3, 0.4) is 0 Å². The molecule has 2 aromatic heterocycles. The van der Waals surface area contributed by atoms with Gasteiger partial charge < -0.3 is 14.6 Å². The van der Waals surface area contributed by atoms with Crippen molar-refractivity contribution in [2.75, 3.05) is 23.8 Å². The third-order valence-corrected chi connectivity index (χ3v) is 4.10. The van der Waals surface area contributed by atoms with Gasteiger partial charge in [0.2, 0.25) is 0 Å². The van der Waals surface area contributed by atoms with E-state index < -0.39 is 12.1 Å². The molecule has 0 saturated heterocycles. The van der Waals surface area contributed by atoms with Gasteiger partial charge in [-0.15, -0.1) is 5.10 Å². The maximum Gasteiger partial charge on any atom is 0.470 e. The predicted molar refractivity (Wildman–Crippen MR) is 74.2 cm³/mol. The van der Waals surface area contributed by atoms with Crippen molar-refractivity contribution >= 4 is 28.5 Å². The van der Waals surface area contributed by atoms with Crippen molar-refractivity contribution in [3.63, 3.8) is 0 Å². The summed E-state index contributed by atoms with van der Waals surface area (Å²) in [6.45, 7) is 0.692. The first kappa shape index (κ1) is 15.5. The van der Waals surface area contributed by atoms with Crippen molar-refractivity contribution < 1.29 is 22.4 Å². The summed E-state index contributed by atoms with van der Waals surface area (Å²) in [7, 11) is 1.48. The molecule has 2 aromatic rings. The number of halogens is 3. The van der Waals surface area contributed by atoms with Gasteiger partial charge in [0.15, 0.2) is 5.13 Å². The molecule has 0 aliphatic carbocycles. The molecule has 0 bridgehead atoms. The van der Waals surface area contributed by atoms with E-state index in [4.69, 9.17) is 0 Å². The maximum absolute atomic E-state index is 12.5. The molecule has 8 nitrogen and oxygen atoms in total. The molecule has 12 heteroatoms. The highest BCUT2D eigenvalue weighted by atomic mass is 32.1. The second kappa shape index (κ2) is 5.68. The first-order valence-corrected chi connectivity index (χ1v) is 7.31. The summed E-state index contributed by atoms with van der Waals surface area (Å²) in [4.78, 5) is 17.9. The molecule has 3 rings (SSSR count). The van der Waals surface area contributed by atoms with E-state index in [-0.39, 0.29) is 12.0 Å². The van der Waals surface area contributed by atoms with Gasteiger partial charge in [-0.3, -0.25) is 5.32 Å². The lowest BCUT2D eigenvalue weighted by molar-refractivity contribution is -0.157. The fraction of sp³-hybridized carbons (Fsp3) is 0.455. The van der Waals surface area contributed by atoms with Crippen LogP contribution in [-0.4, -0.2) is 34.8 Å². The van der Waals surface area contributed by atoms with Crippen molar-refractivity contribution in [1.29, 1.82) is 0 Å². The number of anilines is 2. The SMILES string of the molecule is CNC(=O)Nc1nc2c(s1)CN(c1nnc(C(F)(F)F)o1)CC2. The topological polar surface area (TPSA) is 96.2 Å². The Hall–Kier alpha value is -2.37. The third kappa shape index (κ3) is 3.21. The average Bonchev–Trinajstić information content (AvgIpc) is 3.11. The molecule has 0 fully saturated rings. The largest absolute Gasteiger partial charge is 0.470 e. The van der Waals surface area contributed by atoms with Crippen molar-refractivity contribution in [2.45, 2.75) is 19.1 Å². The zero-order valence-corrected chi connectivity index (χ0v) is 12.6. The van der Waals surface area contributed by atoms with Gasteiger partial charge in [-0.1, -0.05) is 16.4 Å². The summed E-state index contributed by atoms with van der Waals surface area (Å²) in [5, 5.41) is 11.9. The lowest BCUT2D eigenvalue weighted by Crippen LogP contribution is -2.29. The van der Waals surface area contributed by atoms with Crippen LogP contribution in [0.2, 0.25) is 0 Å². The van der Waals surface area contributed by atoms with E-state index in [0.29, 0.717) is 24.6 Å². The summed E-state index contributed by atoms with van der Waals surface area (Å²) in [6, 6.07) is -0.572. The maximum atomic E-state index is 12.5. The second-order valence-corrected chi connectivity index (χ2v) is 5.74. The minimum Gasteiger partial charge on any atom is -0.399 e. The fourth-order valence-corrected chi connectivity index (χ4v) is 3.05. The number of carbonyl (C=O) groups is 1. The second-order valence-electron chi connectivity index (χ2n) is 4.65. The van der Waals surface area contributed by atoms with Crippen molar-refractivity contribution in [2.24, 2.45) is 0 Å². The predicted octanol–water partition coefficient (Wildman–Crippen LogP) is 1.86. The van der Waals surface area contributed by atoms with Gasteiger partial charge >= 0.3 is 24.1 Å². The Kier molecular flexibility index (Phi) is 3.83. The Bertz CT molecular complexity index is 728. The zero-order valence-electron chi connectivity index (χ0n) is 11.8. The van der Waals surface area contributed by atoms with E-state index in [0.717, 1.165) is 10.6 Å². The molecular formula is C11H11F3N6O2S. The average molecular weight is 348 g/mol. The van der Waals surface area contributed by atoms with E-state index in [9.17, 15) is 18.0 Å². The van der Waals surface area contributed by atoms with Crippen LogP contribution >= 0.6 is 11.3 Å². The van der Waals surface area contributed by atoms with Crippen molar-refractivity contribution in [3.05, 3.63) is 16.5 Å². The van der Waals surface area contributed by atoms with Crippen LogP contribution in [0.15, 0.2) is 4.42 Å². The number of hydrogen-bond acceptors (Lipinski definition) is 7. The molecule has 23 heavy (non-hydrogen) atoms. The van der Waals surface area contributed by atoms with E-state index in [1.807, 2.05) is 0 Å². The quantitative estimate of drug-likeness (QED) is 0.860. The summed E-state index contributed by atoms with van der Waals surface area (Å²) in [5.74, 6) is -1.37. The van der Waals surface area contributed by atoms with Crippen LogP contribution < -0.4 is 15.5 Å². The number of urea groups is 1. The third-order valence-electron chi connectivity index (χ3n) is 3.11. The number of fused-ring (bicyclic) bond motifs is 1. The number of nitrogens with zero attached hydrogens (tertiary/aromatic N) is 4. The summed E-state index contributed by atoms with van der Waals surface area (Å²) in [6.07, 6.45) is -4.16. The number of amides is 2. The van der Waals surface area contributed by atoms with Gasteiger partial charge in [0.1, 0.15) is 0 Å². The monoisotopic (exact) mass is 348 g/mol. The van der Waals surface area contributed by atoms with Crippen LogP contribution in [0.1, 0.15) is 16.5 Å². The van der Waals surface area contributed by atoms with E-state index in [2.05, 4.69) is 30.2 Å². The molecule has 1 aliphatic rings. The smallest absolute Gasteiger partial charge is 0.399 e. The molecule has 0 atom stereocenters. The minimum atomic E-state index is -4.67. The number of alkyl halides is 3. The van der Waals surface area contributed by atoms with Crippen molar-refractivity contribution in [1.82, 2.24) is 20.5 Å². The Labute approximate surface area is 131 Å². The van der Waals surface area contributed by atoms with Crippen LogP contribution in [0.25, 0.3) is 0 Å². The zero-order chi connectivity index (χ0) is 16.6. The van der Waals surface area contributed by atoms with Gasteiger partial charge in [0, 0.05) is 24.9 Å². The van der Waals surface area contributed by atoms with Crippen LogP contribution in [-0.2, 0) is 19.1 Å². The van der Waals surface area contributed by atoms with Crippen molar-refractivity contribution in [3.8, 4) is 0 Å². The molecule has 2 N–H and O–H groups in total. The first-order valence-electron chi connectivity index (χ1n) is 6.50. The number of rotatable bonds is 2. The molecule has 0 aromatic carbocycles. The van der Waals surface area contributed by atoms with E-state index >= 15 is 0 Å². The number of nitrogens with one attached hydrogen (secondary N) is 2. The van der Waals surface area contributed by atoms with Crippen LogP contribution in [0.4, 0.5) is 29.1 Å². The molecule has 1 aliphatic heterocycles. The van der Waals surface area contributed by atoms with Crippen LogP contribution in [0.5, 0.6) is 0 Å². The number of aromatic nitrogens is 3. The Morgan fingerprint density at radius 1 is 1.39 bits per heavy atom. The standard InChI is InChI=1S/C11H11F3N6O2S/c1-15-8(21)17-9-16-5-2-3-20(4-6(5)23-9)10-19-18-7(22-10)11(12,13)14/h2-4H2,1H3,(H2,15,16,17,21). The van der Waals surface area contributed by atoms with Crippen LogP contribution in [0, 0.1) is 0 Å². The fourth-order valence-electron chi connectivity index (χ4n) is 2.03. The summed E-state index contributed by atoms with van der Waals surface area (Å²) < 4.78 is 42.2. The Morgan fingerprint density at radius 2 is 2.17 bits per heavy atom. The van der Waals surface area contributed by atoms with Gasteiger partial charge in [0.05, 0.1) is 12.2 Å². The molecule has 124 valence electrons. The highest BCUT2D eigenvalue weighted by molar-refractivity contribution is 7.15. The summed E-state index contributed by atoms with van der Waals surface area (Å²) >= 11 is 1.25. The molecular weight excluding hydrogens is 337 g/mol. The highest BCUT2D eigenvalue weighted by Gasteiger charge is 2.39. The molecule has 3 heterocycles. The Balaban J connectivity index is 1.75. The minimum absolute atomic E-state index is 0.183. The molecule has 0 spiro atoms. The lowest BCUT2D eigenvalue weighted by Gasteiger charge is -2.23. The molecule has 2 amide bonds. The number of thiazole rings is 1. The number of hydrogen-bond donors (Lipinski definition) is 2. The molecule has 0 radical (unpaired) electrons. The van der Waals surface area contributed by atoms with Gasteiger partial charge in [-0.2, -0.15) is 13.2 Å². The van der Waals surface area contributed by atoms with E-state index in [1.165, 1.54) is 18.4 Å².